The molecule has 1 heterocycles. The minimum absolute atomic E-state index is 0.462. The molecule has 1 unspecified atom stereocenters. The molecule has 1 aromatic rings. The van der Waals surface area contributed by atoms with E-state index in [1.165, 1.54) is 11.6 Å². The Morgan fingerprint density at radius 2 is 2.21 bits per heavy atom. The third kappa shape index (κ3) is 3.68. The molecule has 0 aromatic carbocycles. The molecule has 0 saturated heterocycles. The van der Waals surface area contributed by atoms with Gasteiger partial charge in [0, 0.05) is 25.4 Å². The van der Waals surface area contributed by atoms with Crippen LogP contribution < -0.4 is 5.32 Å². The second kappa shape index (κ2) is 3.89. The molecule has 3 nitrogen and oxygen atoms in total. The molecule has 0 amide bonds. The lowest BCUT2D eigenvalue weighted by molar-refractivity contribution is -0.136. The van der Waals surface area contributed by atoms with Crippen molar-refractivity contribution in [3.05, 3.63) is 12.3 Å². The van der Waals surface area contributed by atoms with E-state index in [4.69, 9.17) is 0 Å². The Balaban J connectivity index is 2.45. The van der Waals surface area contributed by atoms with Crippen molar-refractivity contribution < 1.29 is 13.2 Å². The van der Waals surface area contributed by atoms with Gasteiger partial charge in [0.15, 0.2) is 0 Å². The van der Waals surface area contributed by atoms with Crippen LogP contribution in [0.25, 0.3) is 0 Å². The lowest BCUT2D eigenvalue weighted by atomic mass is 10.2. The molecule has 1 atom stereocenters. The second-order valence-corrected chi connectivity index (χ2v) is 3.24. The number of hydrogen-bond acceptors (Lipinski definition) is 2. The molecular weight excluding hydrogens is 195 g/mol. The molecule has 80 valence electrons. The van der Waals surface area contributed by atoms with Gasteiger partial charge in [-0.05, 0) is 6.92 Å². The molecule has 0 saturated carbocycles. The standard InChI is InChI=1S/C8H12F3N3/c1-6(5-8(9,10)11)12-7-3-4-14(2)13-7/h3-4,6H,5H2,1-2H3,(H,12,13). The van der Waals surface area contributed by atoms with Gasteiger partial charge in [0.2, 0.25) is 0 Å². The van der Waals surface area contributed by atoms with Crippen molar-refractivity contribution in [3.63, 3.8) is 0 Å². The minimum atomic E-state index is -4.14. The Hall–Kier alpha value is -1.20. The van der Waals surface area contributed by atoms with Gasteiger partial charge in [-0.15, -0.1) is 0 Å². The predicted octanol–water partition coefficient (Wildman–Crippen LogP) is 2.17. The second-order valence-electron chi connectivity index (χ2n) is 3.24. The number of aryl methyl sites for hydroxylation is 1. The SMILES string of the molecule is CC(CC(F)(F)F)Nc1ccn(C)n1. The largest absolute Gasteiger partial charge is 0.391 e. The molecule has 1 aromatic heterocycles. The van der Waals surface area contributed by atoms with Crippen LogP contribution in [-0.4, -0.2) is 22.0 Å². The Kier molecular flexibility index (Phi) is 3.03. The van der Waals surface area contributed by atoms with Crippen LogP contribution in [0.4, 0.5) is 19.0 Å². The van der Waals surface area contributed by atoms with Gasteiger partial charge in [-0.25, -0.2) is 0 Å². The number of hydrogen-bond donors (Lipinski definition) is 1. The highest BCUT2D eigenvalue weighted by molar-refractivity contribution is 5.33. The summed E-state index contributed by atoms with van der Waals surface area (Å²) in [7, 11) is 1.71. The molecule has 1 N–H and O–H groups in total. The minimum Gasteiger partial charge on any atom is -0.366 e. The highest BCUT2D eigenvalue weighted by Gasteiger charge is 2.30. The number of rotatable bonds is 3. The maximum atomic E-state index is 11.9. The van der Waals surface area contributed by atoms with Gasteiger partial charge in [-0.1, -0.05) is 0 Å². The third-order valence-corrected chi connectivity index (χ3v) is 1.65. The van der Waals surface area contributed by atoms with Crippen LogP contribution in [0.15, 0.2) is 12.3 Å². The predicted molar refractivity (Wildman–Crippen MR) is 47.0 cm³/mol. The van der Waals surface area contributed by atoms with Crippen molar-refractivity contribution in [2.45, 2.75) is 25.6 Å². The average molecular weight is 207 g/mol. The molecule has 0 aliphatic heterocycles. The van der Waals surface area contributed by atoms with Crippen molar-refractivity contribution in [1.29, 1.82) is 0 Å². The molecule has 0 aliphatic carbocycles. The van der Waals surface area contributed by atoms with Gasteiger partial charge < -0.3 is 5.32 Å². The summed E-state index contributed by atoms with van der Waals surface area (Å²) in [5.41, 5.74) is 0. The molecule has 0 fully saturated rings. The Bertz CT molecular complexity index is 292. The summed E-state index contributed by atoms with van der Waals surface area (Å²) in [5.74, 6) is 0.462. The number of aromatic nitrogens is 2. The Morgan fingerprint density at radius 3 is 2.64 bits per heavy atom. The summed E-state index contributed by atoms with van der Waals surface area (Å²) in [6.45, 7) is 1.47. The molecule has 0 spiro atoms. The summed E-state index contributed by atoms with van der Waals surface area (Å²) >= 11 is 0. The van der Waals surface area contributed by atoms with E-state index in [2.05, 4.69) is 10.4 Å². The van der Waals surface area contributed by atoms with Crippen LogP contribution in [-0.2, 0) is 7.05 Å². The fourth-order valence-corrected chi connectivity index (χ4v) is 1.14. The molecule has 0 bridgehead atoms. The topological polar surface area (TPSA) is 29.9 Å². The van der Waals surface area contributed by atoms with Crippen molar-refractivity contribution in [1.82, 2.24) is 9.78 Å². The normalized spacial score (nSPS) is 14.1. The summed E-state index contributed by atoms with van der Waals surface area (Å²) in [6, 6.07) is 0.970. The van der Waals surface area contributed by atoms with Gasteiger partial charge >= 0.3 is 6.18 Å². The summed E-state index contributed by atoms with van der Waals surface area (Å²) in [6.07, 6.45) is -3.33. The summed E-state index contributed by atoms with van der Waals surface area (Å²) < 4.78 is 37.4. The van der Waals surface area contributed by atoms with E-state index in [-0.39, 0.29) is 0 Å². The van der Waals surface area contributed by atoms with E-state index in [0.29, 0.717) is 5.82 Å². The first-order valence-electron chi connectivity index (χ1n) is 4.20. The average Bonchev–Trinajstić information content (AvgIpc) is 2.30. The van der Waals surface area contributed by atoms with E-state index in [1.807, 2.05) is 0 Å². The Morgan fingerprint density at radius 1 is 1.57 bits per heavy atom. The van der Waals surface area contributed by atoms with Crippen LogP contribution in [0, 0.1) is 0 Å². The summed E-state index contributed by atoms with van der Waals surface area (Å²) in [5, 5.41) is 6.59. The van der Waals surface area contributed by atoms with Crippen molar-refractivity contribution >= 4 is 5.82 Å². The molecular formula is C8H12F3N3. The van der Waals surface area contributed by atoms with Gasteiger partial charge in [0.1, 0.15) is 5.82 Å². The van der Waals surface area contributed by atoms with Crippen molar-refractivity contribution in [3.8, 4) is 0 Å². The van der Waals surface area contributed by atoms with Gasteiger partial charge in [-0.3, -0.25) is 4.68 Å². The van der Waals surface area contributed by atoms with E-state index in [0.717, 1.165) is 0 Å². The lowest BCUT2D eigenvalue weighted by Crippen LogP contribution is -2.24. The van der Waals surface area contributed by atoms with Crippen LogP contribution in [0.2, 0.25) is 0 Å². The first kappa shape index (κ1) is 10.9. The van der Waals surface area contributed by atoms with E-state index in [9.17, 15) is 13.2 Å². The molecule has 14 heavy (non-hydrogen) atoms. The zero-order valence-corrected chi connectivity index (χ0v) is 7.97. The Labute approximate surface area is 79.9 Å². The number of nitrogens with one attached hydrogen (secondary N) is 1. The molecule has 6 heteroatoms. The molecule has 0 radical (unpaired) electrons. The monoisotopic (exact) mass is 207 g/mol. The quantitative estimate of drug-likeness (QED) is 0.823. The fraction of sp³-hybridized carbons (Fsp3) is 0.625. The van der Waals surface area contributed by atoms with Gasteiger partial charge in [-0.2, -0.15) is 18.3 Å². The zero-order valence-electron chi connectivity index (χ0n) is 7.97. The number of anilines is 1. The highest BCUT2D eigenvalue weighted by atomic mass is 19.4. The maximum Gasteiger partial charge on any atom is 0.391 e. The highest BCUT2D eigenvalue weighted by Crippen LogP contribution is 2.22. The number of alkyl halides is 3. The van der Waals surface area contributed by atoms with E-state index in [1.54, 1.807) is 19.3 Å². The molecule has 0 aliphatic rings. The zero-order chi connectivity index (χ0) is 10.8. The van der Waals surface area contributed by atoms with E-state index >= 15 is 0 Å². The fourth-order valence-electron chi connectivity index (χ4n) is 1.14. The lowest BCUT2D eigenvalue weighted by Gasteiger charge is -2.14. The van der Waals surface area contributed by atoms with Gasteiger partial charge in [0.25, 0.3) is 0 Å². The number of nitrogens with zero attached hydrogens (tertiary/aromatic N) is 2. The molecule has 1 rings (SSSR count). The number of halogens is 3. The smallest absolute Gasteiger partial charge is 0.366 e. The van der Waals surface area contributed by atoms with Crippen molar-refractivity contribution in [2.75, 3.05) is 5.32 Å². The van der Waals surface area contributed by atoms with Crippen LogP contribution in [0.3, 0.4) is 0 Å². The van der Waals surface area contributed by atoms with Crippen LogP contribution >= 0.6 is 0 Å². The third-order valence-electron chi connectivity index (χ3n) is 1.65. The van der Waals surface area contributed by atoms with Gasteiger partial charge in [0.05, 0.1) is 6.42 Å². The maximum absolute atomic E-state index is 11.9. The van der Waals surface area contributed by atoms with Crippen LogP contribution in [0.5, 0.6) is 0 Å². The first-order valence-corrected chi connectivity index (χ1v) is 4.20. The van der Waals surface area contributed by atoms with Crippen molar-refractivity contribution in [2.24, 2.45) is 7.05 Å². The first-order chi connectivity index (χ1) is 6.37. The van der Waals surface area contributed by atoms with E-state index < -0.39 is 18.6 Å². The van der Waals surface area contributed by atoms with Crippen LogP contribution in [0.1, 0.15) is 13.3 Å². The summed E-state index contributed by atoms with van der Waals surface area (Å²) in [4.78, 5) is 0.